The number of piperidine rings is 1. The number of rotatable bonds is 5. The quantitative estimate of drug-likeness (QED) is 0.904. The molecule has 2 N–H and O–H groups in total. The number of nitrogens with zero attached hydrogens (tertiary/aromatic N) is 1. The Hall–Kier alpha value is -1.75. The summed E-state index contributed by atoms with van der Waals surface area (Å²) in [5.74, 6) is -0.401. The molecule has 1 aliphatic heterocycles. The first-order valence-electron chi connectivity index (χ1n) is 7.54. The first kappa shape index (κ1) is 16.6. The Morgan fingerprint density at radius 2 is 2.18 bits per heavy atom. The van der Waals surface area contributed by atoms with Gasteiger partial charge in [0.25, 0.3) is 11.8 Å². The van der Waals surface area contributed by atoms with Gasteiger partial charge in [0.1, 0.15) is 5.75 Å². The van der Waals surface area contributed by atoms with Gasteiger partial charge < -0.3 is 15.4 Å². The van der Waals surface area contributed by atoms with Crippen molar-refractivity contribution in [2.45, 2.75) is 38.6 Å². The number of carbonyl (C=O) groups is 2. The van der Waals surface area contributed by atoms with Gasteiger partial charge in [-0.2, -0.15) is 0 Å². The number of halogens is 1. The van der Waals surface area contributed by atoms with Gasteiger partial charge in [0, 0.05) is 17.6 Å². The third-order valence-corrected chi connectivity index (χ3v) is 4.21. The smallest absolute Gasteiger partial charge is 0.260 e. The maximum Gasteiger partial charge on any atom is 0.260 e. The highest BCUT2D eigenvalue weighted by Crippen LogP contribution is 2.23. The molecule has 1 aliphatic rings. The van der Waals surface area contributed by atoms with E-state index >= 15 is 0 Å². The van der Waals surface area contributed by atoms with Crippen LogP contribution in [-0.2, 0) is 4.79 Å². The number of likely N-dealkylation sites (tertiary alicyclic amines) is 1. The van der Waals surface area contributed by atoms with Gasteiger partial charge >= 0.3 is 0 Å². The Labute approximate surface area is 135 Å². The van der Waals surface area contributed by atoms with Crippen LogP contribution in [0.3, 0.4) is 0 Å². The summed E-state index contributed by atoms with van der Waals surface area (Å²) in [4.78, 5) is 25.6. The fourth-order valence-electron chi connectivity index (χ4n) is 2.80. The van der Waals surface area contributed by atoms with Gasteiger partial charge in [-0.25, -0.2) is 0 Å². The number of nitrogens with two attached hydrogens (primary N) is 1. The zero-order valence-corrected chi connectivity index (χ0v) is 13.4. The van der Waals surface area contributed by atoms with Crippen molar-refractivity contribution in [3.8, 4) is 5.75 Å². The monoisotopic (exact) mass is 324 g/mol. The molecule has 5 nitrogen and oxygen atoms in total. The van der Waals surface area contributed by atoms with Crippen molar-refractivity contribution in [2.24, 2.45) is 5.73 Å². The molecule has 1 saturated heterocycles. The molecule has 120 valence electrons. The summed E-state index contributed by atoms with van der Waals surface area (Å²) in [6, 6.07) is 4.89. The predicted octanol–water partition coefficient (Wildman–Crippen LogP) is 2.61. The highest BCUT2D eigenvalue weighted by atomic mass is 35.5. The van der Waals surface area contributed by atoms with E-state index in [0.29, 0.717) is 5.02 Å². The summed E-state index contributed by atoms with van der Waals surface area (Å²) < 4.78 is 5.51. The van der Waals surface area contributed by atoms with E-state index in [1.807, 2.05) is 4.90 Å². The molecule has 6 heteroatoms. The SMILES string of the molecule is CCC1CCCCN1C(=O)COc1ccc(Cl)cc1C(N)=O. The second kappa shape index (κ2) is 7.49. The summed E-state index contributed by atoms with van der Waals surface area (Å²) in [7, 11) is 0. The predicted molar refractivity (Wildman–Crippen MR) is 85.1 cm³/mol. The molecule has 0 aliphatic carbocycles. The maximum atomic E-state index is 12.3. The van der Waals surface area contributed by atoms with Crippen molar-refractivity contribution in [1.29, 1.82) is 0 Å². The molecule has 1 aromatic carbocycles. The molecule has 1 heterocycles. The molecule has 0 radical (unpaired) electrons. The van der Waals surface area contributed by atoms with Gasteiger partial charge in [-0.15, -0.1) is 0 Å². The molecule has 2 rings (SSSR count). The van der Waals surface area contributed by atoms with E-state index in [-0.39, 0.29) is 29.9 Å². The topological polar surface area (TPSA) is 72.6 Å². The average Bonchev–Trinajstić information content (AvgIpc) is 2.53. The minimum atomic E-state index is -0.630. The van der Waals surface area contributed by atoms with Gasteiger partial charge in [-0.05, 0) is 43.9 Å². The first-order chi connectivity index (χ1) is 10.5. The van der Waals surface area contributed by atoms with Gasteiger partial charge in [0.05, 0.1) is 5.56 Å². The van der Waals surface area contributed by atoms with Crippen LogP contribution in [0.15, 0.2) is 18.2 Å². The molecule has 1 fully saturated rings. The number of hydrogen-bond acceptors (Lipinski definition) is 3. The highest BCUT2D eigenvalue weighted by molar-refractivity contribution is 6.31. The molecule has 0 saturated carbocycles. The molecule has 1 aromatic rings. The molecular formula is C16H21ClN2O3. The highest BCUT2D eigenvalue weighted by Gasteiger charge is 2.25. The fourth-order valence-corrected chi connectivity index (χ4v) is 2.97. The van der Waals surface area contributed by atoms with Crippen molar-refractivity contribution in [2.75, 3.05) is 13.2 Å². The summed E-state index contributed by atoms with van der Waals surface area (Å²) in [6.07, 6.45) is 4.16. The third-order valence-electron chi connectivity index (χ3n) is 3.98. The lowest BCUT2D eigenvalue weighted by Crippen LogP contribution is -2.45. The number of hydrogen-bond donors (Lipinski definition) is 1. The van der Waals surface area contributed by atoms with Crippen LogP contribution in [-0.4, -0.2) is 35.9 Å². The molecule has 0 spiro atoms. The second-order valence-electron chi connectivity index (χ2n) is 5.44. The van der Waals surface area contributed by atoms with Gasteiger partial charge in [0.2, 0.25) is 0 Å². The minimum absolute atomic E-state index is 0.0584. The van der Waals surface area contributed by atoms with E-state index in [2.05, 4.69) is 6.92 Å². The zero-order chi connectivity index (χ0) is 16.1. The standard InChI is InChI=1S/C16H21ClN2O3/c1-2-12-5-3-4-8-19(12)15(20)10-22-14-7-6-11(17)9-13(14)16(18)21/h6-7,9,12H,2-5,8,10H2,1H3,(H2,18,21). The summed E-state index contributed by atoms with van der Waals surface area (Å²) in [6.45, 7) is 2.75. The van der Waals surface area contributed by atoms with Crippen molar-refractivity contribution in [3.63, 3.8) is 0 Å². The molecule has 0 bridgehead atoms. The van der Waals surface area contributed by atoms with E-state index < -0.39 is 5.91 Å². The van der Waals surface area contributed by atoms with Crippen molar-refractivity contribution in [3.05, 3.63) is 28.8 Å². The van der Waals surface area contributed by atoms with E-state index in [9.17, 15) is 9.59 Å². The van der Waals surface area contributed by atoms with Crippen LogP contribution in [0.5, 0.6) is 5.75 Å². The van der Waals surface area contributed by atoms with E-state index in [4.69, 9.17) is 22.1 Å². The molecule has 1 unspecified atom stereocenters. The normalized spacial score (nSPS) is 18.1. The number of ether oxygens (including phenoxy) is 1. The van der Waals surface area contributed by atoms with Crippen LogP contribution >= 0.6 is 11.6 Å². The lowest BCUT2D eigenvalue weighted by Gasteiger charge is -2.35. The summed E-state index contributed by atoms with van der Waals surface area (Å²) in [5.41, 5.74) is 5.49. The largest absolute Gasteiger partial charge is 0.483 e. The number of carbonyl (C=O) groups excluding carboxylic acids is 2. The van der Waals surface area contributed by atoms with E-state index in [1.165, 1.54) is 6.07 Å². The van der Waals surface area contributed by atoms with E-state index in [0.717, 1.165) is 32.2 Å². The Balaban J connectivity index is 2.03. The van der Waals surface area contributed by atoms with Crippen LogP contribution in [0.4, 0.5) is 0 Å². The van der Waals surface area contributed by atoms with Gasteiger partial charge in [-0.1, -0.05) is 18.5 Å². The van der Waals surface area contributed by atoms with Crippen molar-refractivity contribution < 1.29 is 14.3 Å². The lowest BCUT2D eigenvalue weighted by molar-refractivity contribution is -0.137. The van der Waals surface area contributed by atoms with Crippen LogP contribution in [0.1, 0.15) is 43.0 Å². The summed E-state index contributed by atoms with van der Waals surface area (Å²) in [5, 5.41) is 0.398. The van der Waals surface area contributed by atoms with E-state index in [1.54, 1.807) is 12.1 Å². The molecule has 2 amide bonds. The fraction of sp³-hybridized carbons (Fsp3) is 0.500. The Morgan fingerprint density at radius 1 is 1.41 bits per heavy atom. The minimum Gasteiger partial charge on any atom is -0.483 e. The molecule has 0 aromatic heterocycles. The van der Waals surface area contributed by atoms with Crippen molar-refractivity contribution in [1.82, 2.24) is 4.90 Å². The number of amides is 2. The average molecular weight is 325 g/mol. The zero-order valence-electron chi connectivity index (χ0n) is 12.7. The molecule has 1 atom stereocenters. The second-order valence-corrected chi connectivity index (χ2v) is 5.87. The van der Waals surface area contributed by atoms with Crippen LogP contribution < -0.4 is 10.5 Å². The first-order valence-corrected chi connectivity index (χ1v) is 7.92. The van der Waals surface area contributed by atoms with Crippen LogP contribution in [0.25, 0.3) is 0 Å². The number of benzene rings is 1. The molecule has 22 heavy (non-hydrogen) atoms. The number of primary amides is 1. The summed E-state index contributed by atoms with van der Waals surface area (Å²) >= 11 is 5.84. The molecular weight excluding hydrogens is 304 g/mol. The van der Waals surface area contributed by atoms with Gasteiger partial charge in [0.15, 0.2) is 6.61 Å². The Bertz CT molecular complexity index is 562. The maximum absolute atomic E-state index is 12.3. The van der Waals surface area contributed by atoms with Crippen LogP contribution in [0, 0.1) is 0 Å². The Morgan fingerprint density at radius 3 is 2.86 bits per heavy atom. The Kier molecular flexibility index (Phi) is 5.66. The lowest BCUT2D eigenvalue weighted by atomic mass is 10.00. The van der Waals surface area contributed by atoms with Gasteiger partial charge in [-0.3, -0.25) is 9.59 Å². The third kappa shape index (κ3) is 3.91. The van der Waals surface area contributed by atoms with Crippen LogP contribution in [0.2, 0.25) is 5.02 Å². The van der Waals surface area contributed by atoms with Crippen molar-refractivity contribution >= 4 is 23.4 Å².